The van der Waals surface area contributed by atoms with Gasteiger partial charge in [-0.15, -0.1) is 0 Å². The largest absolute Gasteiger partial charge is 0.491 e. The third-order valence-electron chi connectivity index (χ3n) is 3.06. The van der Waals surface area contributed by atoms with Crippen LogP contribution in [0.15, 0.2) is 18.2 Å². The average Bonchev–Trinajstić information content (AvgIpc) is 2.98. The van der Waals surface area contributed by atoms with Crippen molar-refractivity contribution in [2.45, 2.75) is 19.3 Å². The standard InChI is InChI=1S/C12H15Cl2NO/c13-9-1-2-11(10(14)7-9)16-8-12(3-4-12)5-6-15/h1-2,7H,3-6,8,15H2. The van der Waals surface area contributed by atoms with Gasteiger partial charge in [-0.1, -0.05) is 23.2 Å². The van der Waals surface area contributed by atoms with Crippen molar-refractivity contribution in [3.8, 4) is 5.75 Å². The molecule has 0 aromatic heterocycles. The molecule has 0 spiro atoms. The van der Waals surface area contributed by atoms with Gasteiger partial charge in [-0.3, -0.25) is 0 Å². The van der Waals surface area contributed by atoms with Gasteiger partial charge < -0.3 is 10.5 Å². The topological polar surface area (TPSA) is 35.2 Å². The predicted octanol–water partition coefficient (Wildman–Crippen LogP) is 3.50. The van der Waals surface area contributed by atoms with E-state index in [1.54, 1.807) is 12.1 Å². The number of hydrogen-bond donors (Lipinski definition) is 1. The third-order valence-corrected chi connectivity index (χ3v) is 3.59. The molecule has 4 heteroatoms. The Morgan fingerprint density at radius 1 is 1.31 bits per heavy atom. The second kappa shape index (κ2) is 4.82. The zero-order chi connectivity index (χ0) is 11.6. The molecule has 2 rings (SSSR count). The van der Waals surface area contributed by atoms with Crippen LogP contribution in [-0.2, 0) is 0 Å². The normalized spacial score (nSPS) is 17.2. The van der Waals surface area contributed by atoms with Gasteiger partial charge in [0.05, 0.1) is 11.6 Å². The number of nitrogens with two attached hydrogens (primary N) is 1. The molecule has 0 atom stereocenters. The fourth-order valence-electron chi connectivity index (χ4n) is 1.77. The highest BCUT2D eigenvalue weighted by Gasteiger charge is 2.42. The maximum atomic E-state index is 6.02. The van der Waals surface area contributed by atoms with Crippen LogP contribution in [0.25, 0.3) is 0 Å². The van der Waals surface area contributed by atoms with Crippen molar-refractivity contribution in [3.63, 3.8) is 0 Å². The monoisotopic (exact) mass is 259 g/mol. The highest BCUT2D eigenvalue weighted by molar-refractivity contribution is 6.35. The Bertz CT molecular complexity index is 377. The van der Waals surface area contributed by atoms with Crippen LogP contribution >= 0.6 is 23.2 Å². The van der Waals surface area contributed by atoms with E-state index in [9.17, 15) is 0 Å². The van der Waals surface area contributed by atoms with Crippen LogP contribution in [0.3, 0.4) is 0 Å². The molecule has 1 saturated carbocycles. The maximum absolute atomic E-state index is 6.02. The van der Waals surface area contributed by atoms with Crippen LogP contribution in [0.4, 0.5) is 0 Å². The van der Waals surface area contributed by atoms with Crippen molar-refractivity contribution in [3.05, 3.63) is 28.2 Å². The van der Waals surface area contributed by atoms with Crippen molar-refractivity contribution in [2.75, 3.05) is 13.2 Å². The molecular weight excluding hydrogens is 245 g/mol. The molecular formula is C12H15Cl2NO. The van der Waals surface area contributed by atoms with E-state index < -0.39 is 0 Å². The lowest BCUT2D eigenvalue weighted by Crippen LogP contribution is -2.17. The lowest BCUT2D eigenvalue weighted by Gasteiger charge is -2.15. The van der Waals surface area contributed by atoms with E-state index >= 15 is 0 Å². The van der Waals surface area contributed by atoms with Crippen LogP contribution in [-0.4, -0.2) is 13.2 Å². The molecule has 0 saturated heterocycles. The Hall–Kier alpha value is -0.440. The van der Waals surface area contributed by atoms with E-state index in [4.69, 9.17) is 33.7 Å². The average molecular weight is 260 g/mol. The van der Waals surface area contributed by atoms with E-state index in [0.717, 1.165) is 13.0 Å². The van der Waals surface area contributed by atoms with Crippen LogP contribution < -0.4 is 10.5 Å². The van der Waals surface area contributed by atoms with Crippen molar-refractivity contribution >= 4 is 23.2 Å². The summed E-state index contributed by atoms with van der Waals surface area (Å²) < 4.78 is 5.73. The Morgan fingerprint density at radius 3 is 2.62 bits per heavy atom. The lowest BCUT2D eigenvalue weighted by molar-refractivity contribution is 0.227. The molecule has 2 nitrogen and oxygen atoms in total. The zero-order valence-electron chi connectivity index (χ0n) is 9.01. The summed E-state index contributed by atoms with van der Waals surface area (Å²) >= 11 is 11.8. The van der Waals surface area contributed by atoms with Gasteiger partial charge in [0.1, 0.15) is 5.75 Å². The number of benzene rings is 1. The number of halogens is 2. The van der Waals surface area contributed by atoms with Crippen molar-refractivity contribution < 1.29 is 4.74 Å². The minimum Gasteiger partial charge on any atom is -0.491 e. The summed E-state index contributed by atoms with van der Waals surface area (Å²) in [6.07, 6.45) is 3.43. The van der Waals surface area contributed by atoms with Gasteiger partial charge in [-0.05, 0) is 44.0 Å². The van der Waals surface area contributed by atoms with Gasteiger partial charge in [0.25, 0.3) is 0 Å². The minimum absolute atomic E-state index is 0.303. The Kier molecular flexibility index (Phi) is 3.63. The SMILES string of the molecule is NCCC1(COc2ccc(Cl)cc2Cl)CC1. The highest BCUT2D eigenvalue weighted by Crippen LogP contribution is 2.48. The molecule has 1 aliphatic carbocycles. The molecule has 1 aliphatic rings. The Morgan fingerprint density at radius 2 is 2.06 bits per heavy atom. The summed E-state index contributed by atoms with van der Waals surface area (Å²) in [6.45, 7) is 1.42. The van der Waals surface area contributed by atoms with Crippen molar-refractivity contribution in [1.82, 2.24) is 0 Å². The first kappa shape index (κ1) is 12.0. The number of rotatable bonds is 5. The molecule has 0 bridgehead atoms. The predicted molar refractivity (Wildman–Crippen MR) is 67.3 cm³/mol. The smallest absolute Gasteiger partial charge is 0.138 e. The molecule has 0 heterocycles. The first-order valence-corrected chi connectivity index (χ1v) is 6.19. The van der Waals surface area contributed by atoms with E-state index in [0.29, 0.717) is 27.8 Å². The zero-order valence-corrected chi connectivity index (χ0v) is 10.5. The summed E-state index contributed by atoms with van der Waals surface area (Å²) in [7, 11) is 0. The van der Waals surface area contributed by atoms with Crippen molar-refractivity contribution in [2.24, 2.45) is 11.1 Å². The summed E-state index contributed by atoms with van der Waals surface area (Å²) in [5, 5.41) is 1.19. The van der Waals surface area contributed by atoms with Gasteiger partial charge in [-0.25, -0.2) is 0 Å². The number of hydrogen-bond acceptors (Lipinski definition) is 2. The first-order chi connectivity index (χ1) is 7.65. The Labute approximate surface area is 106 Å². The molecule has 0 unspecified atom stereocenters. The van der Waals surface area contributed by atoms with Gasteiger partial charge in [0.15, 0.2) is 0 Å². The fourth-order valence-corrected chi connectivity index (χ4v) is 2.24. The van der Waals surface area contributed by atoms with Crippen LogP contribution in [0.2, 0.25) is 10.0 Å². The van der Waals surface area contributed by atoms with Gasteiger partial charge >= 0.3 is 0 Å². The molecule has 2 N–H and O–H groups in total. The lowest BCUT2D eigenvalue weighted by atomic mass is 10.0. The molecule has 16 heavy (non-hydrogen) atoms. The van der Waals surface area contributed by atoms with E-state index in [1.807, 2.05) is 6.07 Å². The summed E-state index contributed by atoms with van der Waals surface area (Å²) in [4.78, 5) is 0. The molecule has 1 aromatic rings. The summed E-state index contributed by atoms with van der Waals surface area (Å²) in [5.74, 6) is 0.703. The van der Waals surface area contributed by atoms with E-state index in [1.165, 1.54) is 12.8 Å². The van der Waals surface area contributed by atoms with E-state index in [2.05, 4.69) is 0 Å². The summed E-state index contributed by atoms with van der Waals surface area (Å²) in [5.41, 5.74) is 5.88. The molecule has 88 valence electrons. The molecule has 1 aromatic carbocycles. The molecule has 0 amide bonds. The quantitative estimate of drug-likeness (QED) is 0.879. The van der Waals surface area contributed by atoms with Crippen LogP contribution in [0.1, 0.15) is 19.3 Å². The Balaban J connectivity index is 1.94. The second-order valence-corrected chi connectivity index (χ2v) is 5.25. The summed E-state index contributed by atoms with van der Waals surface area (Å²) in [6, 6.07) is 5.29. The molecule has 0 aliphatic heterocycles. The number of ether oxygens (including phenoxy) is 1. The highest BCUT2D eigenvalue weighted by atomic mass is 35.5. The molecule has 0 radical (unpaired) electrons. The van der Waals surface area contributed by atoms with E-state index in [-0.39, 0.29) is 0 Å². The third kappa shape index (κ3) is 2.82. The second-order valence-electron chi connectivity index (χ2n) is 4.40. The van der Waals surface area contributed by atoms with Gasteiger partial charge in [0, 0.05) is 10.4 Å². The molecule has 1 fully saturated rings. The minimum atomic E-state index is 0.303. The maximum Gasteiger partial charge on any atom is 0.138 e. The van der Waals surface area contributed by atoms with Gasteiger partial charge in [0.2, 0.25) is 0 Å². The van der Waals surface area contributed by atoms with Crippen LogP contribution in [0, 0.1) is 5.41 Å². The van der Waals surface area contributed by atoms with Crippen molar-refractivity contribution in [1.29, 1.82) is 0 Å². The van der Waals surface area contributed by atoms with Gasteiger partial charge in [-0.2, -0.15) is 0 Å². The fraction of sp³-hybridized carbons (Fsp3) is 0.500. The van der Waals surface area contributed by atoms with Crippen LogP contribution in [0.5, 0.6) is 5.75 Å². The first-order valence-electron chi connectivity index (χ1n) is 5.43.